The molecule has 0 bridgehead atoms. The number of rotatable bonds is 4. The lowest BCUT2D eigenvalue weighted by molar-refractivity contribution is -0.147. The molecule has 1 saturated carbocycles. The molecule has 0 unspecified atom stereocenters. The summed E-state index contributed by atoms with van der Waals surface area (Å²) in [5.74, 6) is 0.551. The lowest BCUT2D eigenvalue weighted by Gasteiger charge is -2.45. The number of hydrogen-bond donors (Lipinski definition) is 0. The Morgan fingerprint density at radius 1 is 1.13 bits per heavy atom. The molecule has 2 heterocycles. The standard InChI is InChI=1S/C15H24N6O2/c1-15(2)9-12(10-15)14(23)20-7-5-19(6-8-20)13(22)3-4-21-11-16-17-18-21/h11-12H,3-10H2,1-2H3. The first kappa shape index (κ1) is 15.9. The van der Waals surface area contributed by atoms with Crippen molar-refractivity contribution in [2.45, 2.75) is 39.7 Å². The summed E-state index contributed by atoms with van der Waals surface area (Å²) in [6.45, 7) is 7.43. The minimum atomic E-state index is 0.0948. The summed E-state index contributed by atoms with van der Waals surface area (Å²) in [5, 5.41) is 10.8. The number of tetrazole rings is 1. The Hall–Kier alpha value is -1.99. The maximum absolute atomic E-state index is 12.4. The van der Waals surface area contributed by atoms with Gasteiger partial charge in [0.15, 0.2) is 0 Å². The van der Waals surface area contributed by atoms with Gasteiger partial charge in [-0.05, 0) is 28.7 Å². The van der Waals surface area contributed by atoms with Crippen LogP contribution in [0.3, 0.4) is 0 Å². The molecule has 2 fully saturated rings. The predicted octanol–water partition coefficient (Wildman–Crippen LogP) is 0.170. The zero-order valence-corrected chi connectivity index (χ0v) is 13.8. The second kappa shape index (κ2) is 6.25. The van der Waals surface area contributed by atoms with E-state index in [0.717, 1.165) is 12.8 Å². The van der Waals surface area contributed by atoms with Crippen molar-refractivity contribution in [3.63, 3.8) is 0 Å². The molecule has 0 radical (unpaired) electrons. The van der Waals surface area contributed by atoms with Gasteiger partial charge in [0.25, 0.3) is 0 Å². The summed E-state index contributed by atoms with van der Waals surface area (Å²) in [4.78, 5) is 28.4. The van der Waals surface area contributed by atoms with Gasteiger partial charge in [0.2, 0.25) is 11.8 Å². The number of amides is 2. The van der Waals surface area contributed by atoms with Crippen molar-refractivity contribution in [2.75, 3.05) is 26.2 Å². The van der Waals surface area contributed by atoms with Crippen molar-refractivity contribution in [1.29, 1.82) is 0 Å². The van der Waals surface area contributed by atoms with Crippen LogP contribution < -0.4 is 0 Å². The zero-order valence-electron chi connectivity index (χ0n) is 13.8. The summed E-state index contributed by atoms with van der Waals surface area (Å²) in [7, 11) is 0. The maximum Gasteiger partial charge on any atom is 0.225 e. The van der Waals surface area contributed by atoms with Crippen LogP contribution in [-0.2, 0) is 16.1 Å². The largest absolute Gasteiger partial charge is 0.339 e. The Morgan fingerprint density at radius 3 is 2.35 bits per heavy atom. The van der Waals surface area contributed by atoms with Gasteiger partial charge in [-0.15, -0.1) is 5.10 Å². The van der Waals surface area contributed by atoms with E-state index < -0.39 is 0 Å². The third-order valence-electron chi connectivity index (χ3n) is 4.84. The summed E-state index contributed by atoms with van der Waals surface area (Å²) in [6, 6.07) is 0. The summed E-state index contributed by atoms with van der Waals surface area (Å²) >= 11 is 0. The van der Waals surface area contributed by atoms with Crippen LogP contribution >= 0.6 is 0 Å². The fourth-order valence-electron chi connectivity index (χ4n) is 3.53. The highest BCUT2D eigenvalue weighted by atomic mass is 16.2. The second-order valence-electron chi connectivity index (χ2n) is 7.30. The van der Waals surface area contributed by atoms with Gasteiger partial charge >= 0.3 is 0 Å². The third kappa shape index (κ3) is 3.68. The molecule has 8 heteroatoms. The van der Waals surface area contributed by atoms with E-state index in [1.807, 2.05) is 9.80 Å². The Kier molecular flexibility index (Phi) is 4.32. The van der Waals surface area contributed by atoms with E-state index in [-0.39, 0.29) is 17.7 Å². The van der Waals surface area contributed by atoms with Gasteiger partial charge in [0, 0.05) is 38.5 Å². The minimum Gasteiger partial charge on any atom is -0.339 e. The summed E-state index contributed by atoms with van der Waals surface area (Å²) in [5.41, 5.74) is 0.314. The second-order valence-corrected chi connectivity index (χ2v) is 7.30. The zero-order chi connectivity index (χ0) is 16.4. The molecule has 0 spiro atoms. The molecule has 23 heavy (non-hydrogen) atoms. The van der Waals surface area contributed by atoms with Crippen molar-refractivity contribution < 1.29 is 9.59 Å². The highest BCUT2D eigenvalue weighted by Gasteiger charge is 2.42. The van der Waals surface area contributed by atoms with Crippen molar-refractivity contribution in [3.05, 3.63) is 6.33 Å². The Bertz CT molecular complexity index is 555. The fraction of sp³-hybridized carbons (Fsp3) is 0.800. The molecule has 126 valence electrons. The van der Waals surface area contributed by atoms with E-state index in [2.05, 4.69) is 29.4 Å². The number of aromatic nitrogens is 4. The van der Waals surface area contributed by atoms with E-state index in [9.17, 15) is 9.59 Å². The lowest BCUT2D eigenvalue weighted by atomic mass is 9.64. The lowest BCUT2D eigenvalue weighted by Crippen LogP contribution is -2.54. The molecule has 3 rings (SSSR count). The van der Waals surface area contributed by atoms with E-state index in [0.29, 0.717) is 44.6 Å². The number of hydrogen-bond acceptors (Lipinski definition) is 5. The Morgan fingerprint density at radius 2 is 1.78 bits per heavy atom. The molecule has 1 saturated heterocycles. The number of carbonyl (C=O) groups is 2. The van der Waals surface area contributed by atoms with Crippen LogP contribution in [0, 0.1) is 11.3 Å². The Balaban J connectivity index is 1.41. The van der Waals surface area contributed by atoms with Crippen LogP contribution in [0.4, 0.5) is 0 Å². The van der Waals surface area contributed by atoms with Gasteiger partial charge in [-0.2, -0.15) is 0 Å². The molecule has 2 aliphatic rings. The first-order valence-corrected chi connectivity index (χ1v) is 8.22. The average Bonchev–Trinajstić information content (AvgIpc) is 3.03. The van der Waals surface area contributed by atoms with E-state index in [1.165, 1.54) is 6.33 Å². The van der Waals surface area contributed by atoms with Crippen LogP contribution in [0.2, 0.25) is 0 Å². The van der Waals surface area contributed by atoms with Crippen LogP contribution in [0.15, 0.2) is 6.33 Å². The molecular formula is C15H24N6O2. The number of piperazine rings is 1. The highest BCUT2D eigenvalue weighted by Crippen LogP contribution is 2.45. The number of carbonyl (C=O) groups excluding carboxylic acids is 2. The third-order valence-corrected chi connectivity index (χ3v) is 4.84. The monoisotopic (exact) mass is 320 g/mol. The SMILES string of the molecule is CC1(C)CC(C(=O)N2CCN(C(=O)CCn3cnnn3)CC2)C1. The topological polar surface area (TPSA) is 84.2 Å². The van der Waals surface area contributed by atoms with Crippen molar-refractivity contribution in [2.24, 2.45) is 11.3 Å². The summed E-state index contributed by atoms with van der Waals surface area (Å²) in [6.07, 6.45) is 3.85. The van der Waals surface area contributed by atoms with Crippen molar-refractivity contribution in [3.8, 4) is 0 Å². The van der Waals surface area contributed by atoms with Gasteiger partial charge in [0.05, 0.1) is 6.54 Å². The van der Waals surface area contributed by atoms with Gasteiger partial charge in [-0.1, -0.05) is 13.8 Å². The van der Waals surface area contributed by atoms with Gasteiger partial charge in [-0.3, -0.25) is 9.59 Å². The first-order chi connectivity index (χ1) is 10.9. The van der Waals surface area contributed by atoms with Gasteiger partial charge < -0.3 is 9.80 Å². The quantitative estimate of drug-likeness (QED) is 0.789. The molecule has 1 aliphatic carbocycles. The van der Waals surface area contributed by atoms with Crippen molar-refractivity contribution in [1.82, 2.24) is 30.0 Å². The molecule has 1 aromatic rings. The smallest absolute Gasteiger partial charge is 0.225 e. The normalized spacial score (nSPS) is 21.1. The Labute approximate surface area is 135 Å². The molecule has 0 aromatic carbocycles. The first-order valence-electron chi connectivity index (χ1n) is 8.22. The number of nitrogens with zero attached hydrogens (tertiary/aromatic N) is 6. The summed E-state index contributed by atoms with van der Waals surface area (Å²) < 4.78 is 1.55. The molecule has 1 aliphatic heterocycles. The van der Waals surface area contributed by atoms with Crippen LogP contribution in [-0.4, -0.2) is 68.0 Å². The van der Waals surface area contributed by atoms with Crippen molar-refractivity contribution >= 4 is 11.8 Å². The predicted molar refractivity (Wildman–Crippen MR) is 82.1 cm³/mol. The van der Waals surface area contributed by atoms with Gasteiger partial charge in [-0.25, -0.2) is 4.68 Å². The molecule has 8 nitrogen and oxygen atoms in total. The maximum atomic E-state index is 12.4. The van der Waals surface area contributed by atoms with E-state index >= 15 is 0 Å². The van der Waals surface area contributed by atoms with Crippen LogP contribution in [0.1, 0.15) is 33.1 Å². The average molecular weight is 320 g/mol. The number of aryl methyl sites for hydroxylation is 1. The van der Waals surface area contributed by atoms with Crippen LogP contribution in [0.25, 0.3) is 0 Å². The molecule has 0 atom stereocenters. The van der Waals surface area contributed by atoms with Gasteiger partial charge in [0.1, 0.15) is 6.33 Å². The highest BCUT2D eigenvalue weighted by molar-refractivity contribution is 5.81. The molecule has 1 aromatic heterocycles. The van der Waals surface area contributed by atoms with E-state index in [4.69, 9.17) is 0 Å². The fourth-order valence-corrected chi connectivity index (χ4v) is 3.53. The molecule has 2 amide bonds. The molecular weight excluding hydrogens is 296 g/mol. The van der Waals surface area contributed by atoms with E-state index in [1.54, 1.807) is 4.68 Å². The molecule has 0 N–H and O–H groups in total. The minimum absolute atomic E-state index is 0.0948. The van der Waals surface area contributed by atoms with Crippen LogP contribution in [0.5, 0.6) is 0 Å².